The van der Waals surface area contributed by atoms with Gasteiger partial charge in [0.25, 0.3) is 11.5 Å². The number of thiophene rings is 1. The van der Waals surface area contributed by atoms with Crippen molar-refractivity contribution in [2.75, 3.05) is 13.1 Å². The van der Waals surface area contributed by atoms with Crippen molar-refractivity contribution in [3.05, 3.63) is 55.0 Å². The predicted octanol–water partition coefficient (Wildman–Crippen LogP) is 1.52. The van der Waals surface area contributed by atoms with E-state index < -0.39 is 11.2 Å². The molecule has 0 bridgehead atoms. The fourth-order valence-electron chi connectivity index (χ4n) is 2.75. The molecule has 0 aliphatic carbocycles. The molecule has 7 heteroatoms. The van der Waals surface area contributed by atoms with E-state index in [1.807, 2.05) is 17.5 Å². The zero-order valence-electron chi connectivity index (χ0n) is 12.9. The third kappa shape index (κ3) is 3.29. The summed E-state index contributed by atoms with van der Waals surface area (Å²) in [6.45, 7) is 3.66. The van der Waals surface area contributed by atoms with Crippen LogP contribution in [0.1, 0.15) is 35.0 Å². The molecule has 0 radical (unpaired) electrons. The van der Waals surface area contributed by atoms with Crippen LogP contribution in [-0.4, -0.2) is 33.4 Å². The number of hydrogen-bond donors (Lipinski definition) is 1. The number of piperidine rings is 1. The van der Waals surface area contributed by atoms with Gasteiger partial charge in [-0.3, -0.25) is 14.2 Å². The minimum absolute atomic E-state index is 0.0377. The summed E-state index contributed by atoms with van der Waals surface area (Å²) in [6, 6.07) is 3.72. The Balaban J connectivity index is 1.90. The number of rotatable bonds is 3. The highest BCUT2D eigenvalue weighted by atomic mass is 32.1. The SMILES string of the molecule is CC1CCN(C(=O)c2c[nH]c(=O)n(Cc3cccs3)c2=O)CC1. The fourth-order valence-corrected chi connectivity index (χ4v) is 3.44. The van der Waals surface area contributed by atoms with Crippen molar-refractivity contribution in [3.8, 4) is 0 Å². The second kappa shape index (κ2) is 6.54. The van der Waals surface area contributed by atoms with Crippen LogP contribution in [0.4, 0.5) is 0 Å². The molecule has 0 unspecified atom stereocenters. The first-order chi connectivity index (χ1) is 11.1. The average Bonchev–Trinajstić information content (AvgIpc) is 3.05. The molecule has 1 amide bonds. The van der Waals surface area contributed by atoms with Crippen LogP contribution in [0.2, 0.25) is 0 Å². The number of aromatic nitrogens is 2. The number of nitrogens with zero attached hydrogens (tertiary/aromatic N) is 2. The van der Waals surface area contributed by atoms with Crippen molar-refractivity contribution < 1.29 is 4.79 Å². The van der Waals surface area contributed by atoms with Gasteiger partial charge in [-0.1, -0.05) is 13.0 Å². The minimum Gasteiger partial charge on any atom is -0.338 e. The monoisotopic (exact) mass is 333 g/mol. The van der Waals surface area contributed by atoms with E-state index in [4.69, 9.17) is 0 Å². The van der Waals surface area contributed by atoms with Gasteiger partial charge in [-0.05, 0) is 30.2 Å². The highest BCUT2D eigenvalue weighted by Gasteiger charge is 2.24. The summed E-state index contributed by atoms with van der Waals surface area (Å²) in [5, 5.41) is 1.89. The van der Waals surface area contributed by atoms with Crippen molar-refractivity contribution in [3.63, 3.8) is 0 Å². The Morgan fingerprint density at radius 2 is 2.09 bits per heavy atom. The molecule has 0 spiro atoms. The van der Waals surface area contributed by atoms with Gasteiger partial charge in [0, 0.05) is 24.2 Å². The number of nitrogens with one attached hydrogen (secondary N) is 1. The smallest absolute Gasteiger partial charge is 0.328 e. The van der Waals surface area contributed by atoms with Gasteiger partial charge in [0.1, 0.15) is 5.56 Å². The zero-order valence-corrected chi connectivity index (χ0v) is 13.8. The summed E-state index contributed by atoms with van der Waals surface area (Å²) in [5.41, 5.74) is -0.978. The molecule has 1 saturated heterocycles. The first-order valence-corrected chi connectivity index (χ1v) is 8.58. The molecule has 0 aromatic carbocycles. The molecule has 0 atom stereocenters. The van der Waals surface area contributed by atoms with Crippen LogP contribution in [0.5, 0.6) is 0 Å². The van der Waals surface area contributed by atoms with E-state index >= 15 is 0 Å². The van der Waals surface area contributed by atoms with Gasteiger partial charge in [0.15, 0.2) is 0 Å². The van der Waals surface area contributed by atoms with Crippen molar-refractivity contribution in [2.24, 2.45) is 5.92 Å². The molecule has 3 rings (SSSR count). The van der Waals surface area contributed by atoms with E-state index in [0.717, 1.165) is 22.3 Å². The first-order valence-electron chi connectivity index (χ1n) is 7.70. The predicted molar refractivity (Wildman–Crippen MR) is 89.0 cm³/mol. The van der Waals surface area contributed by atoms with Crippen LogP contribution >= 0.6 is 11.3 Å². The number of hydrogen-bond acceptors (Lipinski definition) is 4. The van der Waals surface area contributed by atoms with Crippen molar-refractivity contribution >= 4 is 17.2 Å². The molecule has 6 nitrogen and oxygen atoms in total. The lowest BCUT2D eigenvalue weighted by Gasteiger charge is -2.30. The molecule has 2 aromatic rings. The second-order valence-corrected chi connectivity index (χ2v) is 6.99. The van der Waals surface area contributed by atoms with Gasteiger partial charge in [-0.15, -0.1) is 11.3 Å². The molecule has 0 saturated carbocycles. The molecule has 3 heterocycles. The number of amides is 1. The number of H-pyrrole nitrogens is 1. The van der Waals surface area contributed by atoms with Gasteiger partial charge in [0.05, 0.1) is 6.54 Å². The molecule has 1 N–H and O–H groups in total. The maximum Gasteiger partial charge on any atom is 0.328 e. The van der Waals surface area contributed by atoms with Gasteiger partial charge in [-0.25, -0.2) is 4.79 Å². The Bertz CT molecular complexity index is 799. The number of carbonyl (C=O) groups is 1. The Morgan fingerprint density at radius 1 is 1.35 bits per heavy atom. The summed E-state index contributed by atoms with van der Waals surface area (Å²) < 4.78 is 1.09. The summed E-state index contributed by atoms with van der Waals surface area (Å²) in [5.74, 6) is 0.309. The van der Waals surface area contributed by atoms with E-state index in [9.17, 15) is 14.4 Å². The second-order valence-electron chi connectivity index (χ2n) is 5.95. The highest BCUT2D eigenvalue weighted by molar-refractivity contribution is 7.09. The van der Waals surface area contributed by atoms with E-state index in [2.05, 4.69) is 11.9 Å². The molecule has 122 valence electrons. The molecule has 2 aromatic heterocycles. The van der Waals surface area contributed by atoms with E-state index in [1.165, 1.54) is 17.5 Å². The van der Waals surface area contributed by atoms with E-state index in [1.54, 1.807) is 4.90 Å². The normalized spacial score (nSPS) is 15.8. The minimum atomic E-state index is -0.522. The molecule has 1 aliphatic heterocycles. The van der Waals surface area contributed by atoms with E-state index in [-0.39, 0.29) is 18.0 Å². The van der Waals surface area contributed by atoms with Crippen molar-refractivity contribution in [1.29, 1.82) is 0 Å². The summed E-state index contributed by atoms with van der Waals surface area (Å²) in [4.78, 5) is 42.2. The first kappa shape index (κ1) is 15.7. The van der Waals surface area contributed by atoms with Crippen LogP contribution in [-0.2, 0) is 6.54 Å². The summed E-state index contributed by atoms with van der Waals surface area (Å²) >= 11 is 1.47. The maximum atomic E-state index is 12.6. The lowest BCUT2D eigenvalue weighted by Crippen LogP contribution is -2.44. The van der Waals surface area contributed by atoms with Gasteiger partial charge >= 0.3 is 5.69 Å². The van der Waals surface area contributed by atoms with Crippen molar-refractivity contribution in [2.45, 2.75) is 26.3 Å². The third-order valence-electron chi connectivity index (χ3n) is 4.26. The highest BCUT2D eigenvalue weighted by Crippen LogP contribution is 2.17. The topological polar surface area (TPSA) is 75.2 Å². The van der Waals surface area contributed by atoms with Crippen LogP contribution < -0.4 is 11.2 Å². The largest absolute Gasteiger partial charge is 0.338 e. The third-order valence-corrected chi connectivity index (χ3v) is 5.12. The molecule has 1 aliphatic rings. The molecule has 23 heavy (non-hydrogen) atoms. The maximum absolute atomic E-state index is 12.6. The van der Waals surface area contributed by atoms with E-state index in [0.29, 0.717) is 19.0 Å². The quantitative estimate of drug-likeness (QED) is 0.925. The zero-order chi connectivity index (χ0) is 16.4. The Hall–Kier alpha value is -2.15. The van der Waals surface area contributed by atoms with Gasteiger partial charge in [-0.2, -0.15) is 0 Å². The number of likely N-dealkylation sites (tertiary alicyclic amines) is 1. The van der Waals surface area contributed by atoms with Crippen LogP contribution in [0.3, 0.4) is 0 Å². The lowest BCUT2D eigenvalue weighted by molar-refractivity contribution is 0.0694. The van der Waals surface area contributed by atoms with Crippen molar-refractivity contribution in [1.82, 2.24) is 14.5 Å². The Kier molecular flexibility index (Phi) is 4.47. The fraction of sp³-hybridized carbons (Fsp3) is 0.438. The molecular weight excluding hydrogens is 314 g/mol. The van der Waals surface area contributed by atoms with Crippen LogP contribution in [0.15, 0.2) is 33.3 Å². The lowest BCUT2D eigenvalue weighted by atomic mass is 9.99. The van der Waals surface area contributed by atoms with Gasteiger partial charge in [0.2, 0.25) is 0 Å². The number of aromatic amines is 1. The standard InChI is InChI=1S/C16H19N3O3S/c1-11-4-6-18(7-5-11)14(20)13-9-17-16(22)19(15(13)21)10-12-3-2-8-23-12/h2-3,8-9,11H,4-7,10H2,1H3,(H,17,22). The van der Waals surface area contributed by atoms with Gasteiger partial charge < -0.3 is 9.88 Å². The molecule has 1 fully saturated rings. The summed E-state index contributed by atoms with van der Waals surface area (Å²) in [6.07, 6.45) is 3.13. The molecular formula is C16H19N3O3S. The summed E-state index contributed by atoms with van der Waals surface area (Å²) in [7, 11) is 0. The van der Waals surface area contributed by atoms with Crippen LogP contribution in [0, 0.1) is 5.92 Å². The average molecular weight is 333 g/mol. The Morgan fingerprint density at radius 3 is 2.74 bits per heavy atom. The number of carbonyl (C=O) groups excluding carboxylic acids is 1. The van der Waals surface area contributed by atoms with Crippen LogP contribution in [0.25, 0.3) is 0 Å². The Labute approximate surface area is 137 Å².